The van der Waals surface area contributed by atoms with Crippen LogP contribution in [0.25, 0.3) is 11.1 Å². The number of carbonyl (C=O) groups excluding carboxylic acids is 1. The molecule has 0 unspecified atom stereocenters. The van der Waals surface area contributed by atoms with E-state index in [1.54, 1.807) is 19.5 Å². The molecule has 1 N–H and O–H groups in total. The Balaban J connectivity index is 1.88. The van der Waals surface area contributed by atoms with Crippen molar-refractivity contribution in [2.24, 2.45) is 0 Å². The molecule has 0 aliphatic carbocycles. The van der Waals surface area contributed by atoms with E-state index in [1.807, 2.05) is 23.1 Å². The molecule has 1 aliphatic heterocycles. The highest BCUT2D eigenvalue weighted by Gasteiger charge is 2.29. The Labute approximate surface area is 178 Å². The van der Waals surface area contributed by atoms with E-state index in [9.17, 15) is 4.79 Å². The topological polar surface area (TPSA) is 76.6 Å². The second-order valence-corrected chi connectivity index (χ2v) is 7.84. The van der Waals surface area contributed by atoms with E-state index in [4.69, 9.17) is 9.47 Å². The molecule has 7 heteroatoms. The van der Waals surface area contributed by atoms with Crippen LogP contribution in [0.4, 0.5) is 0 Å². The average molecular weight is 413 g/mol. The monoisotopic (exact) mass is 412 g/mol. The van der Waals surface area contributed by atoms with Crippen LogP contribution in [0.1, 0.15) is 43.5 Å². The van der Waals surface area contributed by atoms with Crippen molar-refractivity contribution in [3.63, 3.8) is 0 Å². The number of amides is 1. The SMILES string of the molecule is COCCCOc1cc(C(=O)N(C(C)C)[C@@H]2CCCNC2)ccc1-c1cncnc1. The molecule has 30 heavy (non-hydrogen) atoms. The molecule has 3 rings (SSSR count). The van der Waals surface area contributed by atoms with Crippen molar-refractivity contribution in [2.45, 2.75) is 45.2 Å². The van der Waals surface area contributed by atoms with Gasteiger partial charge in [0.05, 0.1) is 6.61 Å². The number of carbonyl (C=O) groups is 1. The zero-order chi connectivity index (χ0) is 21.3. The second kappa shape index (κ2) is 11.0. The first-order valence-corrected chi connectivity index (χ1v) is 10.7. The maximum atomic E-state index is 13.5. The van der Waals surface area contributed by atoms with Gasteiger partial charge in [-0.2, -0.15) is 0 Å². The van der Waals surface area contributed by atoms with Crippen LogP contribution in [0.15, 0.2) is 36.9 Å². The molecule has 162 valence electrons. The summed E-state index contributed by atoms with van der Waals surface area (Å²) in [5.74, 6) is 0.702. The zero-order valence-corrected chi connectivity index (χ0v) is 18.1. The number of aromatic nitrogens is 2. The summed E-state index contributed by atoms with van der Waals surface area (Å²) in [5, 5.41) is 3.41. The van der Waals surface area contributed by atoms with Crippen molar-refractivity contribution in [1.82, 2.24) is 20.2 Å². The van der Waals surface area contributed by atoms with Crippen LogP contribution in [-0.2, 0) is 4.74 Å². The Hall–Kier alpha value is -2.51. The summed E-state index contributed by atoms with van der Waals surface area (Å²) in [6.45, 7) is 7.13. The number of hydrogen-bond donors (Lipinski definition) is 1. The van der Waals surface area contributed by atoms with Gasteiger partial charge in [0.2, 0.25) is 0 Å². The number of benzene rings is 1. The molecular weight excluding hydrogens is 380 g/mol. The summed E-state index contributed by atoms with van der Waals surface area (Å²) in [6, 6.07) is 5.98. The summed E-state index contributed by atoms with van der Waals surface area (Å²) in [4.78, 5) is 23.7. The molecule has 2 aromatic rings. The lowest BCUT2D eigenvalue weighted by atomic mass is 10.0. The fourth-order valence-corrected chi connectivity index (χ4v) is 3.88. The third kappa shape index (κ3) is 5.55. The summed E-state index contributed by atoms with van der Waals surface area (Å²) in [7, 11) is 1.67. The standard InChI is InChI=1S/C23H32N4O3/c1-17(2)27(20-6-4-9-24-15-20)23(28)18-7-8-21(19-13-25-16-26-14-19)22(12-18)30-11-5-10-29-3/h7-8,12-14,16-17,20,24H,4-6,9-11,15H2,1-3H3/t20-/m1/s1. The minimum atomic E-state index is 0.0382. The Kier molecular flexibility index (Phi) is 8.16. The number of ether oxygens (including phenoxy) is 2. The molecule has 1 aromatic carbocycles. The molecule has 0 bridgehead atoms. The van der Waals surface area contributed by atoms with Crippen molar-refractivity contribution in [3.05, 3.63) is 42.5 Å². The van der Waals surface area contributed by atoms with Gasteiger partial charge in [0.25, 0.3) is 5.91 Å². The van der Waals surface area contributed by atoms with Gasteiger partial charge in [-0.15, -0.1) is 0 Å². The highest BCUT2D eigenvalue weighted by Crippen LogP contribution is 2.31. The van der Waals surface area contributed by atoms with Gasteiger partial charge in [-0.25, -0.2) is 9.97 Å². The Morgan fingerprint density at radius 2 is 2.07 bits per heavy atom. The highest BCUT2D eigenvalue weighted by atomic mass is 16.5. The first-order valence-electron chi connectivity index (χ1n) is 10.7. The fourth-order valence-electron chi connectivity index (χ4n) is 3.88. The van der Waals surface area contributed by atoms with Crippen LogP contribution in [-0.4, -0.2) is 66.3 Å². The summed E-state index contributed by atoms with van der Waals surface area (Å²) >= 11 is 0. The molecular formula is C23H32N4O3. The quantitative estimate of drug-likeness (QED) is 0.638. The van der Waals surface area contributed by atoms with Crippen LogP contribution < -0.4 is 10.1 Å². The molecule has 1 saturated heterocycles. The van der Waals surface area contributed by atoms with E-state index in [0.717, 1.165) is 43.5 Å². The van der Waals surface area contributed by atoms with Gasteiger partial charge in [0, 0.05) is 67.8 Å². The lowest BCUT2D eigenvalue weighted by Crippen LogP contribution is -2.51. The Bertz CT molecular complexity index is 807. The Morgan fingerprint density at radius 3 is 2.73 bits per heavy atom. The Morgan fingerprint density at radius 1 is 1.27 bits per heavy atom. The van der Waals surface area contributed by atoms with E-state index in [1.165, 1.54) is 6.33 Å². The van der Waals surface area contributed by atoms with Crippen molar-refractivity contribution in [1.29, 1.82) is 0 Å². The maximum Gasteiger partial charge on any atom is 0.254 e. The predicted octanol–water partition coefficient (Wildman–Crippen LogP) is 3.16. The second-order valence-electron chi connectivity index (χ2n) is 7.84. The van der Waals surface area contributed by atoms with Crippen LogP contribution in [0.3, 0.4) is 0 Å². The normalized spacial score (nSPS) is 16.5. The van der Waals surface area contributed by atoms with Gasteiger partial charge < -0.3 is 19.7 Å². The summed E-state index contributed by atoms with van der Waals surface area (Å²) in [5.41, 5.74) is 2.37. The first kappa shape index (κ1) is 22.2. The number of methoxy groups -OCH3 is 1. The number of nitrogens with one attached hydrogen (secondary N) is 1. The lowest BCUT2D eigenvalue weighted by Gasteiger charge is -2.37. The predicted molar refractivity (Wildman–Crippen MR) is 117 cm³/mol. The van der Waals surface area contributed by atoms with Gasteiger partial charge in [-0.1, -0.05) is 0 Å². The van der Waals surface area contributed by atoms with Crippen molar-refractivity contribution in [3.8, 4) is 16.9 Å². The van der Waals surface area contributed by atoms with Crippen molar-refractivity contribution >= 4 is 5.91 Å². The fraction of sp³-hybridized carbons (Fsp3) is 0.522. The highest BCUT2D eigenvalue weighted by molar-refractivity contribution is 5.96. The molecule has 2 heterocycles. The molecule has 0 radical (unpaired) electrons. The van der Waals surface area contributed by atoms with Crippen LogP contribution >= 0.6 is 0 Å². The zero-order valence-electron chi connectivity index (χ0n) is 18.1. The van der Waals surface area contributed by atoms with Crippen molar-refractivity contribution in [2.75, 3.05) is 33.4 Å². The molecule has 1 fully saturated rings. The van der Waals surface area contributed by atoms with Crippen LogP contribution in [0.5, 0.6) is 5.75 Å². The maximum absolute atomic E-state index is 13.5. The van der Waals surface area contributed by atoms with Crippen molar-refractivity contribution < 1.29 is 14.3 Å². The minimum absolute atomic E-state index is 0.0382. The van der Waals surface area contributed by atoms with Gasteiger partial charge in [-0.3, -0.25) is 4.79 Å². The smallest absolute Gasteiger partial charge is 0.254 e. The third-order valence-corrected chi connectivity index (χ3v) is 5.31. The van der Waals surface area contributed by atoms with Crippen LogP contribution in [0, 0.1) is 0 Å². The largest absolute Gasteiger partial charge is 0.493 e. The molecule has 1 aliphatic rings. The molecule has 1 amide bonds. The van der Waals surface area contributed by atoms with Gasteiger partial charge in [-0.05, 0) is 51.4 Å². The molecule has 7 nitrogen and oxygen atoms in total. The number of piperidine rings is 1. The van der Waals surface area contributed by atoms with Crippen LogP contribution in [0.2, 0.25) is 0 Å². The van der Waals surface area contributed by atoms with Gasteiger partial charge in [0.15, 0.2) is 0 Å². The van der Waals surface area contributed by atoms with E-state index in [-0.39, 0.29) is 18.0 Å². The third-order valence-electron chi connectivity index (χ3n) is 5.31. The molecule has 0 saturated carbocycles. The molecule has 0 spiro atoms. The lowest BCUT2D eigenvalue weighted by molar-refractivity contribution is 0.0573. The molecule has 1 atom stereocenters. The summed E-state index contributed by atoms with van der Waals surface area (Å²) < 4.78 is 11.2. The van der Waals surface area contributed by atoms with E-state index >= 15 is 0 Å². The number of hydrogen-bond acceptors (Lipinski definition) is 6. The van der Waals surface area contributed by atoms with Gasteiger partial charge in [0.1, 0.15) is 12.1 Å². The average Bonchev–Trinajstić information content (AvgIpc) is 2.78. The molecule has 1 aromatic heterocycles. The minimum Gasteiger partial charge on any atom is -0.493 e. The van der Waals surface area contributed by atoms with Gasteiger partial charge >= 0.3 is 0 Å². The number of nitrogens with zero attached hydrogens (tertiary/aromatic N) is 3. The first-order chi connectivity index (χ1) is 14.6. The van der Waals surface area contributed by atoms with E-state index < -0.39 is 0 Å². The summed E-state index contributed by atoms with van der Waals surface area (Å²) in [6.07, 6.45) is 7.88. The number of rotatable bonds is 9. The van der Waals surface area contributed by atoms with E-state index in [0.29, 0.717) is 24.5 Å². The van der Waals surface area contributed by atoms with E-state index in [2.05, 4.69) is 29.1 Å².